The number of fused-ring (bicyclic) bond motifs is 1. The molecule has 2 aromatic carbocycles. The Morgan fingerprint density at radius 3 is 1.97 bits per heavy atom. The number of likely N-dealkylation sites (N-methyl/N-ethyl adjacent to an activating group) is 2. The number of aryl methyl sites for hydroxylation is 3. The number of pyridine rings is 1. The Kier molecular flexibility index (Phi) is 36.9. The standard InChI is InChI=1S/C70H110N14O20S/c1-8-57-62(90)49(5)63(91)69(104-57)103-34-22-72-59(86)17-16-54(78-60(87)45-83-28-27-82(9-2)25-23-80(6)24-26-84(30-29-83)46-61(88)89)67(94)73-19-12-32-100-36-38-101-37-35-99-31-11-18-71-58(85)13-10-33-102-51-39-47(3)65(48(4)40-51)105(97,98)79-55(68(95)96)43-76-66(93)53-44-81(7)56-41-50(14-15-52(56)64(53)92)42-77-70-74-20-21-75-70/h14-15,20-21,39-41,44,49,54-55,57,62-63,69,79,90-91H,8-13,16-19,22-38,42-43,45-46H2,1-7H3,(H,71,85)(H,72,86)(H,73,94)(H,76,93)(H,78,87)(H,88,89)(H,95,96)(H2,74,75,77)/t49?,54-,55?,57?,62?,63?,69?/m1/s1. The van der Waals surface area contributed by atoms with Gasteiger partial charge in [0.1, 0.15) is 29.5 Å². The molecule has 0 spiro atoms. The highest BCUT2D eigenvalue weighted by Crippen LogP contribution is 2.29. The number of ether oxygens (including phenoxy) is 6. The number of benzene rings is 2. The van der Waals surface area contributed by atoms with Crippen LogP contribution in [0.5, 0.6) is 5.75 Å². The number of nitrogens with one attached hydrogen (secondary N) is 8. The number of hydrogen-bond acceptors (Lipinski definition) is 24. The van der Waals surface area contributed by atoms with E-state index < -0.39 is 100 Å². The van der Waals surface area contributed by atoms with Gasteiger partial charge >= 0.3 is 11.9 Å². The van der Waals surface area contributed by atoms with Crippen molar-refractivity contribution in [3.05, 3.63) is 81.4 Å². The SMILES string of the molecule is CCC1OC(OCCNC(=O)CC[C@@H](NC(=O)CN2CCN(CC)CCN(C)CCN(CC(=O)O)CC2)C(=O)NCCCOCCOCCOCCCNC(=O)CCCOc2cc(C)c(S(=O)(=O)NC(CNC(=O)c3cn(C)c4cc(CNc5ncc[nH]5)ccc4c3=O)C(=O)O)c(C)c2)C(O)C(C)C1O. The van der Waals surface area contributed by atoms with Gasteiger partial charge in [0.05, 0.1) is 75.4 Å². The van der Waals surface area contributed by atoms with Crippen LogP contribution < -0.4 is 46.8 Å². The normalized spacial score (nSPS) is 18.8. The van der Waals surface area contributed by atoms with Crippen molar-refractivity contribution in [1.82, 2.24) is 65.4 Å². The Hall–Kier alpha value is -7.78. The predicted octanol–water partition coefficient (Wildman–Crippen LogP) is -0.280. The maximum absolute atomic E-state index is 13.8. The van der Waals surface area contributed by atoms with Crippen LogP contribution in [0.4, 0.5) is 5.95 Å². The zero-order valence-corrected chi connectivity index (χ0v) is 62.3. The van der Waals surface area contributed by atoms with E-state index in [0.717, 1.165) is 25.2 Å². The van der Waals surface area contributed by atoms with E-state index in [9.17, 15) is 67.2 Å². The molecule has 0 bridgehead atoms. The average Bonchev–Trinajstić information content (AvgIpc) is 1.38. The Bertz CT molecular complexity index is 3570. The zero-order chi connectivity index (χ0) is 76.4. The number of amides is 5. The van der Waals surface area contributed by atoms with Crippen molar-refractivity contribution in [3.8, 4) is 5.75 Å². The molecule has 4 aromatic rings. The lowest BCUT2D eigenvalue weighted by atomic mass is 9.90. The lowest BCUT2D eigenvalue weighted by Crippen LogP contribution is -2.54. The maximum atomic E-state index is 13.8. The van der Waals surface area contributed by atoms with Crippen LogP contribution in [0.2, 0.25) is 0 Å². The number of anilines is 1. The Morgan fingerprint density at radius 1 is 0.714 bits per heavy atom. The van der Waals surface area contributed by atoms with Gasteiger partial charge in [-0.05, 0) is 100 Å². The summed E-state index contributed by atoms with van der Waals surface area (Å²) in [5.41, 5.74) is 1.06. The van der Waals surface area contributed by atoms with E-state index in [0.29, 0.717) is 122 Å². The highest BCUT2D eigenvalue weighted by Gasteiger charge is 2.42. The monoisotopic (exact) mass is 1500 g/mol. The van der Waals surface area contributed by atoms with Crippen LogP contribution in [-0.4, -0.2) is 299 Å². The smallest absolute Gasteiger partial charge is 0.323 e. The summed E-state index contributed by atoms with van der Waals surface area (Å²) in [6.07, 6.45) is 3.11. The molecule has 105 heavy (non-hydrogen) atoms. The number of aliphatic carboxylic acids is 2. The first-order valence-electron chi connectivity index (χ1n) is 35.9. The minimum Gasteiger partial charge on any atom is -0.494 e. The zero-order valence-electron chi connectivity index (χ0n) is 61.5. The molecule has 0 radical (unpaired) electrons. The summed E-state index contributed by atoms with van der Waals surface area (Å²) >= 11 is 0. The molecule has 12 N–H and O–H groups in total. The average molecular weight is 1500 g/mol. The second kappa shape index (κ2) is 45.0. The van der Waals surface area contributed by atoms with E-state index in [4.69, 9.17) is 28.4 Å². The minimum atomic E-state index is -4.48. The van der Waals surface area contributed by atoms with Crippen LogP contribution in [0.1, 0.15) is 92.8 Å². The van der Waals surface area contributed by atoms with Crippen molar-refractivity contribution in [2.45, 2.75) is 128 Å². The number of nitrogens with zero attached hydrogens (tertiary/aromatic N) is 6. The summed E-state index contributed by atoms with van der Waals surface area (Å²) in [5.74, 6) is -4.46. The van der Waals surface area contributed by atoms with Gasteiger partial charge in [-0.3, -0.25) is 48.2 Å². The number of hydrogen-bond donors (Lipinski definition) is 12. The van der Waals surface area contributed by atoms with Gasteiger partial charge in [-0.1, -0.05) is 26.8 Å². The molecule has 5 amide bonds. The first-order valence-corrected chi connectivity index (χ1v) is 37.4. The molecule has 0 saturated carbocycles. The third-order valence-corrected chi connectivity index (χ3v) is 19.8. The van der Waals surface area contributed by atoms with Crippen LogP contribution >= 0.6 is 0 Å². The lowest BCUT2D eigenvalue weighted by Gasteiger charge is -2.41. The topological polar surface area (TPSA) is 438 Å². The highest BCUT2D eigenvalue weighted by molar-refractivity contribution is 7.89. The van der Waals surface area contributed by atoms with E-state index >= 15 is 0 Å². The summed E-state index contributed by atoms with van der Waals surface area (Å²) in [5, 5.41) is 57.7. The van der Waals surface area contributed by atoms with Crippen molar-refractivity contribution >= 4 is 68.3 Å². The van der Waals surface area contributed by atoms with Gasteiger partial charge in [-0.15, -0.1) is 0 Å². The maximum Gasteiger partial charge on any atom is 0.323 e. The molecular formula is C70H110N14O20S. The molecule has 7 atom stereocenters. The molecule has 35 heteroatoms. The first-order chi connectivity index (χ1) is 50.3. The number of aliphatic hydroxyl groups excluding tert-OH is 2. The summed E-state index contributed by atoms with van der Waals surface area (Å²) in [7, 11) is -0.805. The van der Waals surface area contributed by atoms with Crippen molar-refractivity contribution in [2.75, 3.05) is 163 Å². The van der Waals surface area contributed by atoms with E-state index in [1.54, 1.807) is 49.1 Å². The van der Waals surface area contributed by atoms with Gasteiger partial charge < -0.3 is 100 Å². The third kappa shape index (κ3) is 29.5. The van der Waals surface area contributed by atoms with Crippen LogP contribution in [-0.2, 0) is 76.1 Å². The number of carboxylic acid groups (broad SMARTS) is 2. The number of imidazole rings is 1. The molecule has 2 aliphatic heterocycles. The van der Waals surface area contributed by atoms with Crippen molar-refractivity contribution in [1.29, 1.82) is 0 Å². The van der Waals surface area contributed by atoms with Gasteiger partial charge in [-0.25, -0.2) is 13.4 Å². The Morgan fingerprint density at radius 2 is 1.33 bits per heavy atom. The number of H-pyrrole nitrogens is 1. The summed E-state index contributed by atoms with van der Waals surface area (Å²) in [6, 6.07) is 5.22. The second-order valence-electron chi connectivity index (χ2n) is 26.2. The molecule has 2 saturated heterocycles. The first kappa shape index (κ1) is 86.1. The van der Waals surface area contributed by atoms with Crippen molar-refractivity contribution in [2.24, 2.45) is 13.0 Å². The van der Waals surface area contributed by atoms with Crippen molar-refractivity contribution < 1.29 is 90.8 Å². The number of sulfonamides is 1. The molecule has 4 heterocycles. The Labute approximate surface area is 613 Å². The van der Waals surface area contributed by atoms with Gasteiger partial charge in [0.15, 0.2) is 12.2 Å². The fraction of sp³-hybridized carbons (Fsp3) is 0.643. The van der Waals surface area contributed by atoms with Gasteiger partial charge in [0.2, 0.25) is 39.1 Å². The second-order valence-corrected chi connectivity index (χ2v) is 27.9. The molecule has 586 valence electrons. The molecule has 2 aromatic heterocycles. The number of carbonyl (C=O) groups excluding carboxylic acids is 5. The molecular weight excluding hydrogens is 1390 g/mol. The van der Waals surface area contributed by atoms with Gasteiger partial charge in [-0.2, -0.15) is 4.72 Å². The molecule has 34 nitrogen and oxygen atoms in total. The molecule has 2 aliphatic rings. The number of carboxylic acids is 2. The van der Waals surface area contributed by atoms with Gasteiger partial charge in [0.25, 0.3) is 5.91 Å². The van der Waals surface area contributed by atoms with E-state index in [2.05, 4.69) is 63.3 Å². The molecule has 6 unspecified atom stereocenters. The Balaban J connectivity index is 0.831. The highest BCUT2D eigenvalue weighted by atomic mass is 32.2. The quantitative estimate of drug-likeness (QED) is 0.0253. The lowest BCUT2D eigenvalue weighted by molar-refractivity contribution is -0.282. The van der Waals surface area contributed by atoms with Crippen LogP contribution in [0, 0.1) is 19.8 Å². The number of carbonyl (C=O) groups is 7. The third-order valence-electron chi connectivity index (χ3n) is 18.0. The summed E-state index contributed by atoms with van der Waals surface area (Å²) in [6.45, 7) is 16.6. The molecule has 6 rings (SSSR count). The van der Waals surface area contributed by atoms with E-state index in [1.807, 2.05) is 23.8 Å². The fourth-order valence-electron chi connectivity index (χ4n) is 11.9. The number of aromatic nitrogens is 3. The largest absolute Gasteiger partial charge is 0.494 e. The van der Waals surface area contributed by atoms with E-state index in [-0.39, 0.29) is 105 Å². The number of aromatic amines is 1. The van der Waals surface area contributed by atoms with Crippen LogP contribution in [0.3, 0.4) is 0 Å². The van der Waals surface area contributed by atoms with Crippen LogP contribution in [0.15, 0.2) is 58.6 Å². The summed E-state index contributed by atoms with van der Waals surface area (Å²) < 4.78 is 65.5. The molecule has 0 aliphatic carbocycles. The van der Waals surface area contributed by atoms with E-state index in [1.165, 1.54) is 32.2 Å². The molecule has 2 fully saturated rings. The predicted molar refractivity (Wildman–Crippen MR) is 388 cm³/mol. The van der Waals surface area contributed by atoms with Crippen molar-refractivity contribution in [3.63, 3.8) is 0 Å². The van der Waals surface area contributed by atoms with Gasteiger partial charge in [0, 0.05) is 148 Å². The summed E-state index contributed by atoms with van der Waals surface area (Å²) in [4.78, 5) is 119. The van der Waals surface area contributed by atoms with Crippen LogP contribution in [0.25, 0.3) is 10.9 Å². The number of aliphatic hydroxyl groups is 2. The fourth-order valence-corrected chi connectivity index (χ4v) is 13.6. The minimum absolute atomic E-state index is 0.0119. The number of rotatable bonds is 44.